The number of amides is 2. The van der Waals surface area contributed by atoms with Crippen LogP contribution in [0.5, 0.6) is 11.5 Å². The Bertz CT molecular complexity index is 2150. The van der Waals surface area contributed by atoms with Crippen molar-refractivity contribution in [1.82, 2.24) is 0 Å². The van der Waals surface area contributed by atoms with Gasteiger partial charge in [-0.1, -0.05) is 38.1 Å². The van der Waals surface area contributed by atoms with Gasteiger partial charge in [-0.25, -0.2) is 0 Å². The predicted molar refractivity (Wildman–Crippen MR) is 227 cm³/mol. The Morgan fingerprint density at radius 1 is 0.552 bits per heavy atom. The summed E-state index contributed by atoms with van der Waals surface area (Å²) in [6.45, 7) is 13.7. The Morgan fingerprint density at radius 2 is 0.931 bits per heavy atom. The van der Waals surface area contributed by atoms with Crippen LogP contribution in [0.15, 0.2) is 83.0 Å². The number of carbonyl (C=O) groups excluding carboxylic acids is 6. The standard InChI is InChI=1S/C44H48N6O8/c1-9-17-57-39-23-35(25(3)19-37(39)47-49-41(29(7)53)43(55)45-33-15-11-13-31(21-33)27(5)51)36-24-40(58-18-10-2)38(20-26(36)4)48-50-42(30(8)54)44(56)46-34-16-12-14-32(22-34)28(6)52/h11-16,19-24,47-48H,9-10,17-18H2,1-8H3,(H,45,55)(H,46,56)/b49-41+,50-42+. The molecule has 58 heavy (non-hydrogen) atoms. The van der Waals surface area contributed by atoms with E-state index in [-0.39, 0.29) is 23.0 Å². The molecule has 0 spiro atoms. The van der Waals surface area contributed by atoms with Crippen LogP contribution in [0.3, 0.4) is 0 Å². The molecule has 14 nitrogen and oxygen atoms in total. The number of carbonyl (C=O) groups is 6. The molecule has 0 bridgehead atoms. The molecule has 302 valence electrons. The quantitative estimate of drug-likeness (QED) is 0.0314. The monoisotopic (exact) mass is 788 g/mol. The number of ketones is 4. The van der Waals surface area contributed by atoms with E-state index in [1.54, 1.807) is 48.5 Å². The van der Waals surface area contributed by atoms with E-state index in [9.17, 15) is 28.8 Å². The van der Waals surface area contributed by atoms with Crippen molar-refractivity contribution >= 4 is 69.1 Å². The Balaban J connectivity index is 1.68. The molecule has 14 heteroatoms. The average molecular weight is 789 g/mol. The highest BCUT2D eigenvalue weighted by molar-refractivity contribution is 6.67. The molecule has 0 aliphatic heterocycles. The molecule has 0 atom stereocenters. The van der Waals surface area contributed by atoms with E-state index < -0.39 is 23.4 Å². The van der Waals surface area contributed by atoms with Gasteiger partial charge in [0.2, 0.25) is 0 Å². The predicted octanol–water partition coefficient (Wildman–Crippen LogP) is 7.94. The fourth-order valence-corrected chi connectivity index (χ4v) is 5.62. The lowest BCUT2D eigenvalue weighted by Crippen LogP contribution is -2.29. The third-order valence-corrected chi connectivity index (χ3v) is 8.59. The van der Waals surface area contributed by atoms with Gasteiger partial charge in [0, 0.05) is 36.3 Å². The molecule has 0 heterocycles. The lowest BCUT2D eigenvalue weighted by atomic mass is 9.95. The Kier molecular flexibility index (Phi) is 15.3. The van der Waals surface area contributed by atoms with Crippen molar-refractivity contribution in [2.75, 3.05) is 34.7 Å². The van der Waals surface area contributed by atoms with E-state index in [1.807, 2.05) is 39.8 Å². The molecular formula is C44H48N6O8. The molecule has 4 aromatic carbocycles. The minimum atomic E-state index is -0.756. The first-order valence-corrected chi connectivity index (χ1v) is 18.7. The van der Waals surface area contributed by atoms with E-state index in [4.69, 9.17) is 9.47 Å². The van der Waals surface area contributed by atoms with E-state index in [0.717, 1.165) is 22.3 Å². The van der Waals surface area contributed by atoms with Crippen LogP contribution in [-0.4, -0.2) is 59.6 Å². The number of nitrogens with one attached hydrogen (secondary N) is 4. The SMILES string of the molecule is CCCOc1cc(-c2cc(OCCC)c(N/N=C(\C(C)=O)C(=O)Nc3cccc(C(C)=O)c3)cc2C)c(C)cc1N/N=C(\C(C)=O)C(=O)Nc1cccc(C(C)=O)c1. The maximum absolute atomic E-state index is 13.2. The number of ether oxygens (including phenoxy) is 2. The smallest absolute Gasteiger partial charge is 0.279 e. The zero-order chi connectivity index (χ0) is 42.5. The van der Waals surface area contributed by atoms with Crippen LogP contribution in [0, 0.1) is 13.8 Å². The van der Waals surface area contributed by atoms with Gasteiger partial charge in [-0.05, 0) is 111 Å². The van der Waals surface area contributed by atoms with Crippen LogP contribution < -0.4 is 31.0 Å². The van der Waals surface area contributed by atoms with Crippen LogP contribution in [0.2, 0.25) is 0 Å². The van der Waals surface area contributed by atoms with Gasteiger partial charge in [0.25, 0.3) is 11.8 Å². The van der Waals surface area contributed by atoms with Crippen molar-refractivity contribution in [2.24, 2.45) is 10.2 Å². The van der Waals surface area contributed by atoms with E-state index in [1.165, 1.54) is 39.8 Å². The third-order valence-electron chi connectivity index (χ3n) is 8.59. The summed E-state index contributed by atoms with van der Waals surface area (Å²) in [4.78, 5) is 75.1. The summed E-state index contributed by atoms with van der Waals surface area (Å²) in [5.41, 5.74) is 10.4. The summed E-state index contributed by atoms with van der Waals surface area (Å²) in [5.74, 6) is -2.19. The third kappa shape index (κ3) is 11.5. The van der Waals surface area contributed by atoms with Crippen LogP contribution in [0.4, 0.5) is 22.7 Å². The summed E-state index contributed by atoms with van der Waals surface area (Å²) >= 11 is 0. The fourth-order valence-electron chi connectivity index (χ4n) is 5.62. The Hall–Kier alpha value is -6.96. The minimum Gasteiger partial charge on any atom is -0.491 e. The van der Waals surface area contributed by atoms with Gasteiger partial charge in [0.05, 0.1) is 24.6 Å². The molecular weight excluding hydrogens is 741 g/mol. The molecule has 4 N–H and O–H groups in total. The Morgan fingerprint density at radius 3 is 1.26 bits per heavy atom. The zero-order valence-corrected chi connectivity index (χ0v) is 33.9. The molecule has 4 rings (SSSR count). The topological polar surface area (TPSA) is 194 Å². The van der Waals surface area contributed by atoms with Gasteiger partial charge in [-0.15, -0.1) is 0 Å². The molecule has 0 saturated carbocycles. The number of rotatable bonds is 19. The number of Topliss-reactive ketones (excluding diaryl/α,β-unsaturated/α-hetero) is 4. The van der Waals surface area contributed by atoms with Gasteiger partial charge in [0.1, 0.15) is 11.5 Å². The molecule has 2 amide bonds. The summed E-state index contributed by atoms with van der Waals surface area (Å²) in [5, 5.41) is 13.6. The van der Waals surface area contributed by atoms with Crippen molar-refractivity contribution in [3.8, 4) is 22.6 Å². The molecule has 0 fully saturated rings. The first-order chi connectivity index (χ1) is 27.6. The number of anilines is 4. The zero-order valence-electron chi connectivity index (χ0n) is 33.9. The van der Waals surface area contributed by atoms with E-state index in [0.29, 0.717) is 71.4 Å². The molecule has 0 aliphatic carbocycles. The minimum absolute atomic E-state index is 0.172. The summed E-state index contributed by atoms with van der Waals surface area (Å²) in [7, 11) is 0. The number of hydrazone groups is 2. The number of hydrogen-bond acceptors (Lipinski definition) is 12. The van der Waals surface area contributed by atoms with Crippen molar-refractivity contribution < 1.29 is 38.2 Å². The van der Waals surface area contributed by atoms with Crippen molar-refractivity contribution in [1.29, 1.82) is 0 Å². The van der Waals surface area contributed by atoms with Crippen LogP contribution in [0.1, 0.15) is 86.2 Å². The maximum Gasteiger partial charge on any atom is 0.279 e. The largest absolute Gasteiger partial charge is 0.491 e. The Labute approximate surface area is 337 Å². The number of hydrogen-bond donors (Lipinski definition) is 4. The van der Waals surface area contributed by atoms with Gasteiger partial charge < -0.3 is 20.1 Å². The lowest BCUT2D eigenvalue weighted by molar-refractivity contribution is -0.116. The molecule has 0 radical (unpaired) electrons. The highest BCUT2D eigenvalue weighted by Crippen LogP contribution is 2.40. The highest BCUT2D eigenvalue weighted by Gasteiger charge is 2.21. The van der Waals surface area contributed by atoms with Crippen LogP contribution in [-0.2, 0) is 19.2 Å². The van der Waals surface area contributed by atoms with Crippen LogP contribution in [0.25, 0.3) is 11.1 Å². The molecule has 0 aliphatic rings. The summed E-state index contributed by atoms with van der Waals surface area (Å²) in [6, 6.07) is 20.0. The molecule has 4 aromatic rings. The van der Waals surface area contributed by atoms with Crippen LogP contribution >= 0.6 is 0 Å². The average Bonchev–Trinajstić information content (AvgIpc) is 3.17. The second-order valence-electron chi connectivity index (χ2n) is 13.5. The molecule has 0 unspecified atom stereocenters. The second kappa shape index (κ2) is 20.3. The van der Waals surface area contributed by atoms with Crippen molar-refractivity contribution in [2.45, 2.75) is 68.2 Å². The van der Waals surface area contributed by atoms with Gasteiger partial charge >= 0.3 is 0 Å². The first kappa shape index (κ1) is 43.8. The maximum atomic E-state index is 13.2. The number of nitrogens with zero attached hydrogens (tertiary/aromatic N) is 2. The second-order valence-corrected chi connectivity index (χ2v) is 13.5. The summed E-state index contributed by atoms with van der Waals surface area (Å²) < 4.78 is 12.2. The van der Waals surface area contributed by atoms with Gasteiger partial charge in [-0.3, -0.25) is 39.6 Å². The van der Waals surface area contributed by atoms with E-state index in [2.05, 4.69) is 31.7 Å². The summed E-state index contributed by atoms with van der Waals surface area (Å²) in [6.07, 6.45) is 1.40. The van der Waals surface area contributed by atoms with Crippen molar-refractivity contribution in [3.63, 3.8) is 0 Å². The number of aryl methyl sites for hydroxylation is 2. The molecule has 0 saturated heterocycles. The normalized spacial score (nSPS) is 11.3. The lowest BCUT2D eigenvalue weighted by Gasteiger charge is -2.19. The first-order valence-electron chi connectivity index (χ1n) is 18.7. The molecule has 0 aromatic heterocycles. The fraction of sp³-hybridized carbons (Fsp3) is 0.273. The highest BCUT2D eigenvalue weighted by atomic mass is 16.5. The van der Waals surface area contributed by atoms with Gasteiger partial charge in [-0.2, -0.15) is 10.2 Å². The van der Waals surface area contributed by atoms with Crippen molar-refractivity contribution in [3.05, 3.63) is 95.1 Å². The van der Waals surface area contributed by atoms with Gasteiger partial charge in [0.15, 0.2) is 34.6 Å². The van der Waals surface area contributed by atoms with E-state index >= 15 is 0 Å². The number of benzene rings is 4.